The van der Waals surface area contributed by atoms with E-state index >= 15 is 0 Å². The zero-order valence-electron chi connectivity index (χ0n) is 48.2. The van der Waals surface area contributed by atoms with E-state index in [1.807, 2.05) is 19.9 Å². The molecule has 0 unspecified atom stereocenters. The molecule has 1 saturated carbocycles. The second-order valence-corrected chi connectivity index (χ2v) is 27.5. The highest BCUT2D eigenvalue weighted by molar-refractivity contribution is 7.15. The number of aromatic nitrogens is 7. The molecule has 1 aliphatic carbocycles. The number of anilines is 1. The zero-order chi connectivity index (χ0) is 61.9. The molecular formula is C58H61N15O9S6. The van der Waals surface area contributed by atoms with Crippen LogP contribution in [0.1, 0.15) is 132 Å². The molecule has 2 fully saturated rings. The number of nitrogens with two attached hydrogens (primary N) is 1. The van der Waals surface area contributed by atoms with Crippen molar-refractivity contribution in [3.8, 4) is 43.4 Å². The van der Waals surface area contributed by atoms with Crippen molar-refractivity contribution in [1.29, 1.82) is 0 Å². The molecule has 0 radical (unpaired) electrons. The summed E-state index contributed by atoms with van der Waals surface area (Å²) in [6.07, 6.45) is 0.896. The number of ether oxygens (including phenoxy) is 1. The van der Waals surface area contributed by atoms with Crippen LogP contribution in [0.3, 0.4) is 0 Å². The van der Waals surface area contributed by atoms with Crippen molar-refractivity contribution < 1.29 is 43.4 Å². The van der Waals surface area contributed by atoms with Gasteiger partial charge in [0.25, 0.3) is 17.7 Å². The lowest BCUT2D eigenvalue weighted by Gasteiger charge is -2.40. The summed E-state index contributed by atoms with van der Waals surface area (Å²) in [5.74, 6) is -3.22. The van der Waals surface area contributed by atoms with Gasteiger partial charge in [-0.25, -0.2) is 34.9 Å². The van der Waals surface area contributed by atoms with Crippen LogP contribution in [0.4, 0.5) is 5.82 Å². The average molecular weight is 1300 g/mol. The molecule has 8 aromatic rings. The Kier molecular flexibility index (Phi) is 19.0. The number of rotatable bonds is 11. The van der Waals surface area contributed by atoms with Crippen LogP contribution in [0.15, 0.2) is 64.0 Å². The van der Waals surface area contributed by atoms with Crippen LogP contribution in [0.2, 0.25) is 0 Å². The number of hydrogen-bond acceptors (Lipinski definition) is 23. The van der Waals surface area contributed by atoms with Crippen molar-refractivity contribution in [2.24, 2.45) is 23.5 Å². The second-order valence-electron chi connectivity index (χ2n) is 21.7. The number of carbonyl (C=O) groups excluding carboxylic acids is 7. The molecule has 9 N–H and O–H groups in total. The number of nitrogens with one attached hydrogen (secondary N) is 6. The lowest BCUT2D eigenvalue weighted by atomic mass is 9.80. The molecule has 7 amide bonds. The number of hydrogen-bond donors (Lipinski definition) is 8. The van der Waals surface area contributed by atoms with E-state index in [1.54, 1.807) is 69.7 Å². The van der Waals surface area contributed by atoms with Crippen molar-refractivity contribution in [3.05, 3.63) is 111 Å². The van der Waals surface area contributed by atoms with Gasteiger partial charge in [-0.2, -0.15) is 0 Å². The van der Waals surface area contributed by atoms with E-state index in [1.165, 1.54) is 70.8 Å². The van der Waals surface area contributed by atoms with Crippen LogP contribution in [0.25, 0.3) is 43.4 Å². The van der Waals surface area contributed by atoms with Gasteiger partial charge in [0.15, 0.2) is 0 Å². The van der Waals surface area contributed by atoms with Gasteiger partial charge in [0.05, 0.1) is 42.2 Å². The number of amides is 7. The highest BCUT2D eigenvalue weighted by atomic mass is 32.1. The fourth-order valence-electron chi connectivity index (χ4n) is 10.4. The molecule has 7 aromatic heterocycles. The van der Waals surface area contributed by atoms with Gasteiger partial charge in [-0.3, -0.25) is 33.6 Å². The van der Waals surface area contributed by atoms with E-state index in [0.29, 0.717) is 118 Å². The van der Waals surface area contributed by atoms with Gasteiger partial charge in [-0.1, -0.05) is 44.2 Å². The smallest absolute Gasteiger partial charge is 0.271 e. The summed E-state index contributed by atoms with van der Waals surface area (Å²) < 4.78 is 5.46. The normalized spacial score (nSPS) is 19.8. The Hall–Kier alpha value is -7.68. The van der Waals surface area contributed by atoms with E-state index in [-0.39, 0.29) is 65.7 Å². The first-order chi connectivity index (χ1) is 42.4. The number of aliphatic hydroxyl groups is 1. The number of thiazole rings is 6. The van der Waals surface area contributed by atoms with E-state index in [2.05, 4.69) is 31.9 Å². The van der Waals surface area contributed by atoms with Crippen molar-refractivity contribution in [1.82, 2.24) is 66.4 Å². The fraction of sp³-hybridized carbons (Fsp3) is 0.379. The third kappa shape index (κ3) is 13.6. The Bertz CT molecular complexity index is 3920. The molecule has 24 nitrogen and oxygen atoms in total. The zero-order valence-corrected chi connectivity index (χ0v) is 53.1. The maximum absolute atomic E-state index is 14.4. The standard InChI is InChI=1S/C58H61N15O9S6/c1-26(2)42-57-72-45(38(88-57)21-82-5)50(79)61-18-41(75)69-46(47(76)28-9-7-6-8-10-28)56-66-37(24-85-56)54-64-35(22-84-54)44-32(52-65-36(23-83-52)49(78)63-34(17-40(74)60-4)55-71-43(27(3)87-55)51(80)70-42)15-16-33(62-44)53-68-39(25-86-53)67-48(77)29-11-13-30(14-12-29)58(81)73-19-31(59)20-73/h6-10,15-16,22-26,29-31,34,42,46-47,76H,11-14,17-21,59H2,1-5H3,(H,60,74)(H,61,79)(H,63,78)(H,67,77)(H,69,75)(H,70,80)/t29-,30-,34-,42-,46-,47-/m0/s1. The number of aliphatic hydroxyl groups excluding tert-OH is 1. The predicted octanol–water partition coefficient (Wildman–Crippen LogP) is 7.23. The summed E-state index contributed by atoms with van der Waals surface area (Å²) in [7, 11) is 2.95. The minimum atomic E-state index is -1.28. The number of pyridine rings is 1. The van der Waals surface area contributed by atoms with Crippen molar-refractivity contribution in [2.75, 3.05) is 39.1 Å². The molecule has 10 bridgehead atoms. The third-order valence-corrected chi connectivity index (χ3v) is 20.9. The first kappa shape index (κ1) is 61.9. The molecule has 4 atom stereocenters. The highest BCUT2D eigenvalue weighted by Crippen LogP contribution is 2.41. The van der Waals surface area contributed by atoms with Gasteiger partial charge >= 0.3 is 0 Å². The lowest BCUT2D eigenvalue weighted by molar-refractivity contribution is -0.142. The Balaban J connectivity index is 0.936. The van der Waals surface area contributed by atoms with Gasteiger partial charge in [-0.15, -0.1) is 68.0 Å². The number of benzene rings is 1. The SMILES string of the molecule is CNC(=O)C[C@@H]1NC(=O)c2csc(n2)-c2ccc(-c3nc(NC(=O)[C@H]4CC[C@H](C(=O)N5CC(N)C5)CC4)cs3)nc2-c2csc(n2)-c2csc(n2)[C@H]([C@@H](O)c2ccccc2)NC(=O)CNC(=O)c2nc(sc2COC)[C@H](C(C)C)NC(=O)c2nc1sc2C. The van der Waals surface area contributed by atoms with Crippen LogP contribution in [-0.4, -0.2) is 126 Å². The molecule has 11 rings (SSSR count). The van der Waals surface area contributed by atoms with E-state index < -0.39 is 60.3 Å². The first-order valence-corrected chi connectivity index (χ1v) is 33.3. The van der Waals surface area contributed by atoms with Gasteiger partial charge in [0.2, 0.25) is 23.6 Å². The maximum atomic E-state index is 14.4. The number of carbonyl (C=O) groups is 7. The summed E-state index contributed by atoms with van der Waals surface area (Å²) in [4.78, 5) is 133. The first-order valence-electron chi connectivity index (χ1n) is 28.2. The molecule has 3 aliphatic rings. The molecule has 30 heteroatoms. The van der Waals surface area contributed by atoms with E-state index in [9.17, 15) is 38.7 Å². The monoisotopic (exact) mass is 1300 g/mol. The Morgan fingerprint density at radius 3 is 2.14 bits per heavy atom. The minimum absolute atomic E-state index is 0.000279. The van der Waals surface area contributed by atoms with Gasteiger partial charge < -0.3 is 52.4 Å². The molecule has 458 valence electrons. The summed E-state index contributed by atoms with van der Waals surface area (Å²) >= 11 is 7.26. The molecule has 1 aromatic carbocycles. The topological polar surface area (TPSA) is 341 Å². The molecule has 0 spiro atoms. The van der Waals surface area contributed by atoms with Crippen LogP contribution in [0.5, 0.6) is 0 Å². The van der Waals surface area contributed by atoms with Crippen molar-refractivity contribution in [2.45, 2.75) is 89.8 Å². The number of nitrogens with zero attached hydrogens (tertiary/aromatic N) is 8. The minimum Gasteiger partial charge on any atom is -0.386 e. The number of methoxy groups -OCH3 is 1. The molecule has 88 heavy (non-hydrogen) atoms. The Morgan fingerprint density at radius 1 is 0.705 bits per heavy atom. The summed E-state index contributed by atoms with van der Waals surface area (Å²) in [5.41, 5.74) is 8.72. The van der Waals surface area contributed by atoms with Crippen LogP contribution in [0, 0.1) is 24.7 Å². The average Bonchev–Trinajstić information content (AvgIpc) is 1.89. The summed E-state index contributed by atoms with van der Waals surface area (Å²) in [6, 6.07) is 9.60. The predicted molar refractivity (Wildman–Crippen MR) is 336 cm³/mol. The summed E-state index contributed by atoms with van der Waals surface area (Å²) in [5, 5.41) is 38.4. The van der Waals surface area contributed by atoms with Crippen LogP contribution in [-0.2, 0) is 30.5 Å². The fourth-order valence-corrected chi connectivity index (χ4v) is 15.9. The van der Waals surface area contributed by atoms with Crippen LogP contribution < -0.4 is 37.6 Å². The van der Waals surface area contributed by atoms with Crippen LogP contribution >= 0.6 is 68.0 Å². The van der Waals surface area contributed by atoms with Crippen molar-refractivity contribution in [3.63, 3.8) is 0 Å². The lowest BCUT2D eigenvalue weighted by Crippen LogP contribution is -2.59. The quantitative estimate of drug-likeness (QED) is 0.0633. The maximum Gasteiger partial charge on any atom is 0.271 e. The van der Waals surface area contributed by atoms with E-state index in [4.69, 9.17) is 45.4 Å². The molecular weight excluding hydrogens is 1240 g/mol. The largest absolute Gasteiger partial charge is 0.386 e. The van der Waals surface area contributed by atoms with Crippen molar-refractivity contribution >= 4 is 115 Å². The summed E-state index contributed by atoms with van der Waals surface area (Å²) in [6.45, 7) is 6.12. The Morgan fingerprint density at radius 2 is 1.40 bits per heavy atom. The third-order valence-electron chi connectivity index (χ3n) is 15.2. The highest BCUT2D eigenvalue weighted by Gasteiger charge is 2.37. The van der Waals surface area contributed by atoms with Gasteiger partial charge in [0, 0.05) is 77.1 Å². The van der Waals surface area contributed by atoms with Gasteiger partial charge in [-0.05, 0) is 56.2 Å². The number of fused-ring (bicyclic) bond motifs is 14. The number of aryl methyl sites for hydroxylation is 1. The molecule has 1 saturated heterocycles. The number of likely N-dealkylation sites (tertiary alicyclic amines) is 1. The van der Waals surface area contributed by atoms with Gasteiger partial charge in [0.1, 0.15) is 82.2 Å². The Labute approximate surface area is 528 Å². The molecule has 2 aliphatic heterocycles. The van der Waals surface area contributed by atoms with E-state index in [0.717, 1.165) is 11.3 Å². The second kappa shape index (κ2) is 27.0. The molecule has 9 heterocycles.